The fourth-order valence-electron chi connectivity index (χ4n) is 4.05. The van der Waals surface area contributed by atoms with Gasteiger partial charge in [0.2, 0.25) is 0 Å². The van der Waals surface area contributed by atoms with Crippen LogP contribution in [0.5, 0.6) is 5.75 Å². The van der Waals surface area contributed by atoms with Crippen molar-refractivity contribution >= 4 is 6.09 Å². The van der Waals surface area contributed by atoms with Crippen molar-refractivity contribution < 1.29 is 18.7 Å². The number of halogens is 1. The first-order chi connectivity index (χ1) is 11.3. The van der Waals surface area contributed by atoms with E-state index in [1.54, 1.807) is 12.1 Å². The van der Waals surface area contributed by atoms with Gasteiger partial charge in [-0.2, -0.15) is 0 Å². The number of carbonyl (C=O) groups excluding carboxylic acids is 1. The lowest BCUT2D eigenvalue weighted by molar-refractivity contribution is -0.207. The lowest BCUT2D eigenvalue weighted by Gasteiger charge is -2.69. The van der Waals surface area contributed by atoms with Crippen molar-refractivity contribution in [2.45, 2.75) is 64.6 Å². The summed E-state index contributed by atoms with van der Waals surface area (Å²) in [5.41, 5.74) is -0.470. The highest BCUT2D eigenvalue weighted by Gasteiger charge is 2.67. The third-order valence-electron chi connectivity index (χ3n) is 5.19. The average molecular weight is 335 g/mol. The summed E-state index contributed by atoms with van der Waals surface area (Å²) in [5.74, 6) is 0.398. The molecule has 0 N–H and O–H groups in total. The molecule has 1 aliphatic carbocycles. The predicted molar refractivity (Wildman–Crippen MR) is 89.5 cm³/mol. The van der Waals surface area contributed by atoms with Crippen molar-refractivity contribution in [2.75, 3.05) is 6.61 Å². The molecule has 132 valence electrons. The molecule has 1 aliphatic heterocycles. The Kier molecular flexibility index (Phi) is 4.22. The van der Waals surface area contributed by atoms with Crippen LogP contribution in [0.3, 0.4) is 0 Å². The van der Waals surface area contributed by atoms with E-state index in [1.165, 1.54) is 12.1 Å². The van der Waals surface area contributed by atoms with Crippen LogP contribution in [0.15, 0.2) is 24.3 Å². The van der Waals surface area contributed by atoms with Crippen molar-refractivity contribution in [2.24, 2.45) is 5.41 Å². The van der Waals surface area contributed by atoms with E-state index in [0.29, 0.717) is 12.4 Å². The van der Waals surface area contributed by atoms with E-state index in [4.69, 9.17) is 9.47 Å². The summed E-state index contributed by atoms with van der Waals surface area (Å²) in [6.45, 7) is 8.31. The molecule has 0 spiro atoms. The van der Waals surface area contributed by atoms with E-state index in [0.717, 1.165) is 19.3 Å². The van der Waals surface area contributed by atoms with Gasteiger partial charge in [0.25, 0.3) is 0 Å². The molecule has 3 rings (SSSR count). The van der Waals surface area contributed by atoms with Crippen molar-refractivity contribution in [3.05, 3.63) is 30.1 Å². The molecule has 0 bridgehead atoms. The Labute approximate surface area is 142 Å². The maximum absolute atomic E-state index is 13.0. The number of fused-ring (bicyclic) bond motifs is 1. The molecule has 1 aromatic rings. The van der Waals surface area contributed by atoms with Crippen molar-refractivity contribution in [1.29, 1.82) is 0 Å². The molecule has 1 saturated carbocycles. The standard InChI is InChI=1S/C19H26FNO3/c1-5-15-19(12-23-14-8-6-13(20)7-9-14)11-10-16(19)21(15)17(22)24-18(2,3)4/h6-9,15-16H,5,10-12H2,1-4H3. The third kappa shape index (κ3) is 2.85. The second-order valence-corrected chi connectivity index (χ2v) is 7.84. The molecule has 0 aromatic heterocycles. The summed E-state index contributed by atoms with van der Waals surface area (Å²) >= 11 is 0. The first-order valence-corrected chi connectivity index (χ1v) is 8.66. The Bertz CT molecular complexity index is 610. The van der Waals surface area contributed by atoms with E-state index in [-0.39, 0.29) is 29.4 Å². The number of piperidine rings is 1. The van der Waals surface area contributed by atoms with Crippen LogP contribution in [0.4, 0.5) is 9.18 Å². The highest BCUT2D eigenvalue weighted by molar-refractivity contribution is 5.71. The van der Waals surface area contributed by atoms with Gasteiger partial charge in [0.05, 0.1) is 6.61 Å². The van der Waals surface area contributed by atoms with E-state index in [2.05, 4.69) is 6.92 Å². The Morgan fingerprint density at radius 2 is 2.00 bits per heavy atom. The van der Waals surface area contributed by atoms with Gasteiger partial charge in [-0.1, -0.05) is 6.92 Å². The minimum atomic E-state index is -0.484. The number of hydrogen-bond acceptors (Lipinski definition) is 3. The highest BCUT2D eigenvalue weighted by atomic mass is 19.1. The van der Waals surface area contributed by atoms with Crippen molar-refractivity contribution in [3.63, 3.8) is 0 Å². The Morgan fingerprint density at radius 1 is 1.33 bits per heavy atom. The molecular formula is C19H26FNO3. The van der Waals surface area contributed by atoms with E-state index < -0.39 is 5.60 Å². The first kappa shape index (κ1) is 17.1. The molecule has 3 unspecified atom stereocenters. The maximum atomic E-state index is 13.0. The third-order valence-corrected chi connectivity index (χ3v) is 5.19. The molecule has 1 heterocycles. The van der Waals surface area contributed by atoms with Crippen LogP contribution >= 0.6 is 0 Å². The molecule has 2 fully saturated rings. The Morgan fingerprint density at radius 3 is 2.50 bits per heavy atom. The summed E-state index contributed by atoms with van der Waals surface area (Å²) in [5, 5.41) is 0. The second-order valence-electron chi connectivity index (χ2n) is 7.84. The SMILES string of the molecule is CCC1N(C(=O)OC(C)(C)C)C2CCC12COc1ccc(F)cc1. The van der Waals surface area contributed by atoms with Crippen LogP contribution in [0.2, 0.25) is 0 Å². The van der Waals surface area contributed by atoms with Crippen molar-refractivity contribution in [3.8, 4) is 5.75 Å². The van der Waals surface area contributed by atoms with Gasteiger partial charge in [-0.05, 0) is 64.3 Å². The van der Waals surface area contributed by atoms with Gasteiger partial charge in [0.1, 0.15) is 17.2 Å². The number of hydrogen-bond donors (Lipinski definition) is 0. The molecule has 4 nitrogen and oxygen atoms in total. The molecule has 1 amide bonds. The summed E-state index contributed by atoms with van der Waals surface area (Å²) in [7, 11) is 0. The van der Waals surface area contributed by atoms with Gasteiger partial charge in [-0.15, -0.1) is 0 Å². The van der Waals surface area contributed by atoms with Crippen LogP contribution in [0, 0.1) is 11.2 Å². The summed E-state index contributed by atoms with van der Waals surface area (Å²) in [6, 6.07) is 6.42. The molecular weight excluding hydrogens is 309 g/mol. The normalized spacial score (nSPS) is 28.5. The molecule has 3 atom stereocenters. The molecule has 24 heavy (non-hydrogen) atoms. The van der Waals surface area contributed by atoms with Crippen molar-refractivity contribution in [1.82, 2.24) is 4.90 Å². The summed E-state index contributed by atoms with van der Waals surface area (Å²) in [4.78, 5) is 14.4. The number of benzene rings is 1. The molecule has 1 aromatic carbocycles. The van der Waals surface area contributed by atoms with Gasteiger partial charge in [-0.3, -0.25) is 0 Å². The lowest BCUT2D eigenvalue weighted by atomic mass is 9.52. The topological polar surface area (TPSA) is 38.8 Å². The van der Waals surface area contributed by atoms with Crippen LogP contribution in [-0.2, 0) is 4.74 Å². The first-order valence-electron chi connectivity index (χ1n) is 8.66. The average Bonchev–Trinajstić information content (AvgIpc) is 2.48. The minimum absolute atomic E-state index is 0.0139. The largest absolute Gasteiger partial charge is 0.493 e. The van der Waals surface area contributed by atoms with Crippen LogP contribution < -0.4 is 4.74 Å². The quantitative estimate of drug-likeness (QED) is 0.819. The molecule has 2 aliphatic rings. The number of nitrogens with zero attached hydrogens (tertiary/aromatic N) is 1. The summed E-state index contributed by atoms with van der Waals surface area (Å²) < 4.78 is 24.4. The van der Waals surface area contributed by atoms with E-state index >= 15 is 0 Å². The van der Waals surface area contributed by atoms with Gasteiger partial charge >= 0.3 is 6.09 Å². The van der Waals surface area contributed by atoms with Gasteiger partial charge in [0.15, 0.2) is 0 Å². The smallest absolute Gasteiger partial charge is 0.410 e. The monoisotopic (exact) mass is 335 g/mol. The number of likely N-dealkylation sites (tertiary alicyclic amines) is 1. The zero-order chi connectivity index (χ0) is 17.5. The Balaban J connectivity index is 1.66. The fraction of sp³-hybridized carbons (Fsp3) is 0.632. The highest BCUT2D eigenvalue weighted by Crippen LogP contribution is 2.59. The van der Waals surface area contributed by atoms with Crippen LogP contribution in [0.25, 0.3) is 0 Å². The van der Waals surface area contributed by atoms with Crippen LogP contribution in [0.1, 0.15) is 47.0 Å². The predicted octanol–water partition coefficient (Wildman–Crippen LogP) is 4.38. The number of ether oxygens (including phenoxy) is 2. The molecule has 1 saturated heterocycles. The van der Waals surface area contributed by atoms with Gasteiger partial charge in [0, 0.05) is 17.5 Å². The number of rotatable bonds is 4. The number of amides is 1. The second kappa shape index (κ2) is 5.94. The minimum Gasteiger partial charge on any atom is -0.493 e. The number of carbonyl (C=O) groups is 1. The van der Waals surface area contributed by atoms with E-state index in [9.17, 15) is 9.18 Å². The molecule has 5 heteroatoms. The zero-order valence-electron chi connectivity index (χ0n) is 14.8. The zero-order valence-corrected chi connectivity index (χ0v) is 14.8. The van der Waals surface area contributed by atoms with Gasteiger partial charge < -0.3 is 14.4 Å². The van der Waals surface area contributed by atoms with Gasteiger partial charge in [-0.25, -0.2) is 9.18 Å². The Hall–Kier alpha value is -1.78. The molecule has 0 radical (unpaired) electrons. The maximum Gasteiger partial charge on any atom is 0.410 e. The van der Waals surface area contributed by atoms with Crippen LogP contribution in [-0.4, -0.2) is 35.3 Å². The fourth-order valence-corrected chi connectivity index (χ4v) is 4.05. The summed E-state index contributed by atoms with van der Waals surface area (Å²) in [6.07, 6.45) is 2.69. The van der Waals surface area contributed by atoms with E-state index in [1.807, 2.05) is 25.7 Å². The lowest BCUT2D eigenvalue weighted by Crippen LogP contribution is -2.79.